The number of aryl methyl sites for hydroxylation is 2. The summed E-state index contributed by atoms with van der Waals surface area (Å²) in [5.41, 5.74) is 1.35. The molecular weight excluding hydrogens is 332 g/mol. The van der Waals surface area contributed by atoms with Crippen LogP contribution < -0.4 is 5.32 Å². The lowest BCUT2D eigenvalue weighted by atomic mass is 10.1. The van der Waals surface area contributed by atoms with Crippen LogP contribution in [0.1, 0.15) is 58.6 Å². The Morgan fingerprint density at radius 2 is 2.23 bits per heavy atom. The molecule has 2 amide bonds. The lowest BCUT2D eigenvalue weighted by Crippen LogP contribution is -2.40. The van der Waals surface area contributed by atoms with E-state index in [0.717, 1.165) is 43.0 Å². The number of nitrogens with one attached hydrogen (secondary N) is 1. The first-order valence-corrected chi connectivity index (χ1v) is 9.07. The van der Waals surface area contributed by atoms with Crippen LogP contribution >= 0.6 is 0 Å². The predicted octanol–water partition coefficient (Wildman–Crippen LogP) is 1.96. The van der Waals surface area contributed by atoms with E-state index in [1.165, 1.54) is 0 Å². The van der Waals surface area contributed by atoms with E-state index in [0.29, 0.717) is 30.3 Å². The molecule has 1 saturated carbocycles. The zero-order valence-corrected chi connectivity index (χ0v) is 14.8. The Balaban J connectivity index is 1.40. The Bertz CT molecular complexity index is 841. The second-order valence-electron chi connectivity index (χ2n) is 6.98. The first kappa shape index (κ1) is 16.8. The molecule has 1 aliphatic heterocycles. The molecule has 1 fully saturated rings. The van der Waals surface area contributed by atoms with E-state index >= 15 is 0 Å². The van der Waals surface area contributed by atoms with Crippen LogP contribution in [0.25, 0.3) is 0 Å². The Hall–Kier alpha value is -2.70. The van der Waals surface area contributed by atoms with Crippen LogP contribution in [0, 0.1) is 6.92 Å². The van der Waals surface area contributed by atoms with Crippen molar-refractivity contribution in [3.05, 3.63) is 46.9 Å². The number of amides is 2. The van der Waals surface area contributed by atoms with E-state index < -0.39 is 0 Å². The number of hydrogen-bond donors (Lipinski definition) is 1. The zero-order valence-electron chi connectivity index (χ0n) is 14.8. The highest BCUT2D eigenvalue weighted by Crippen LogP contribution is 2.38. The minimum Gasteiger partial charge on any atom is -0.465 e. The van der Waals surface area contributed by atoms with Crippen LogP contribution in [0.4, 0.5) is 0 Å². The van der Waals surface area contributed by atoms with E-state index in [4.69, 9.17) is 4.42 Å². The fourth-order valence-corrected chi connectivity index (χ4v) is 3.20. The molecule has 3 heterocycles. The number of carbonyl (C=O) groups is 2. The van der Waals surface area contributed by atoms with Crippen molar-refractivity contribution in [3.8, 4) is 0 Å². The van der Waals surface area contributed by atoms with Crippen molar-refractivity contribution < 1.29 is 14.0 Å². The third-order valence-corrected chi connectivity index (χ3v) is 4.78. The van der Waals surface area contributed by atoms with Gasteiger partial charge in [-0.15, -0.1) is 0 Å². The largest absolute Gasteiger partial charge is 0.465 e. The average molecular weight is 354 g/mol. The summed E-state index contributed by atoms with van der Waals surface area (Å²) in [6, 6.07) is 3.68. The van der Waals surface area contributed by atoms with Gasteiger partial charge < -0.3 is 14.6 Å². The Morgan fingerprint density at radius 3 is 2.96 bits per heavy atom. The molecule has 2 aliphatic rings. The van der Waals surface area contributed by atoms with Crippen molar-refractivity contribution in [2.75, 3.05) is 13.1 Å². The van der Waals surface area contributed by atoms with Crippen LogP contribution in [0.2, 0.25) is 0 Å². The molecule has 7 nitrogen and oxygen atoms in total. The van der Waals surface area contributed by atoms with E-state index in [1.807, 2.05) is 19.1 Å². The number of fused-ring (bicyclic) bond motifs is 1. The molecule has 0 radical (unpaired) electrons. The summed E-state index contributed by atoms with van der Waals surface area (Å²) >= 11 is 0. The highest BCUT2D eigenvalue weighted by molar-refractivity contribution is 5.97. The Morgan fingerprint density at radius 1 is 1.38 bits per heavy atom. The maximum atomic E-state index is 12.8. The fourth-order valence-electron chi connectivity index (χ4n) is 3.20. The summed E-state index contributed by atoms with van der Waals surface area (Å²) in [6.07, 6.45) is 5.44. The van der Waals surface area contributed by atoms with Crippen LogP contribution in [-0.2, 0) is 17.8 Å². The summed E-state index contributed by atoms with van der Waals surface area (Å²) in [4.78, 5) is 35.6. The fraction of sp³-hybridized carbons (Fsp3) is 0.474. The van der Waals surface area contributed by atoms with E-state index in [-0.39, 0.29) is 18.4 Å². The summed E-state index contributed by atoms with van der Waals surface area (Å²) in [6.45, 7) is 2.75. The van der Waals surface area contributed by atoms with Gasteiger partial charge in [-0.2, -0.15) is 0 Å². The number of aromatic nitrogens is 2. The normalized spacial score (nSPS) is 17.0. The van der Waals surface area contributed by atoms with Gasteiger partial charge in [0, 0.05) is 18.7 Å². The van der Waals surface area contributed by atoms with Gasteiger partial charge in [-0.05, 0) is 44.7 Å². The summed E-state index contributed by atoms with van der Waals surface area (Å²) in [5.74, 6) is 2.46. The lowest BCUT2D eigenvalue weighted by Gasteiger charge is -2.20. The molecule has 0 saturated heterocycles. The smallest absolute Gasteiger partial charge is 0.257 e. The second kappa shape index (κ2) is 6.90. The van der Waals surface area contributed by atoms with Crippen molar-refractivity contribution in [1.29, 1.82) is 0 Å². The standard InChI is InChI=1S/C19H22N4O3/c1-12-4-7-14(26-12)9-20-17(24)11-23-8-2-3-16-15(19(23)25)10-21-18(22-16)13-5-6-13/h4,7,10,13H,2-3,5-6,8-9,11H2,1H3,(H,20,24). The summed E-state index contributed by atoms with van der Waals surface area (Å²) in [7, 11) is 0. The molecule has 136 valence electrons. The molecule has 0 unspecified atom stereocenters. The van der Waals surface area contributed by atoms with Gasteiger partial charge in [0.05, 0.1) is 24.3 Å². The first-order valence-electron chi connectivity index (χ1n) is 9.07. The molecule has 0 aromatic carbocycles. The molecule has 26 heavy (non-hydrogen) atoms. The lowest BCUT2D eigenvalue weighted by molar-refractivity contribution is -0.122. The Kier molecular flexibility index (Phi) is 4.44. The third kappa shape index (κ3) is 3.61. The molecule has 0 atom stereocenters. The second-order valence-corrected chi connectivity index (χ2v) is 6.98. The monoisotopic (exact) mass is 354 g/mol. The van der Waals surface area contributed by atoms with Gasteiger partial charge in [-0.3, -0.25) is 9.59 Å². The Labute approximate surface area is 151 Å². The van der Waals surface area contributed by atoms with Crippen LogP contribution in [-0.4, -0.2) is 39.8 Å². The minimum absolute atomic E-state index is 0.0301. The minimum atomic E-state index is -0.202. The molecule has 0 spiro atoms. The van der Waals surface area contributed by atoms with Crippen molar-refractivity contribution in [2.24, 2.45) is 0 Å². The molecule has 1 N–H and O–H groups in total. The van der Waals surface area contributed by atoms with Gasteiger partial charge in [0.15, 0.2) is 0 Å². The molecule has 4 rings (SSSR count). The number of nitrogens with zero attached hydrogens (tertiary/aromatic N) is 3. The topological polar surface area (TPSA) is 88.3 Å². The molecular formula is C19H22N4O3. The quantitative estimate of drug-likeness (QED) is 0.887. The van der Waals surface area contributed by atoms with Gasteiger partial charge in [-0.25, -0.2) is 9.97 Å². The van der Waals surface area contributed by atoms with Crippen molar-refractivity contribution in [2.45, 2.75) is 45.1 Å². The van der Waals surface area contributed by atoms with Crippen LogP contribution in [0.5, 0.6) is 0 Å². The molecule has 1 aliphatic carbocycles. The number of hydrogen-bond acceptors (Lipinski definition) is 5. The van der Waals surface area contributed by atoms with Gasteiger partial charge in [0.25, 0.3) is 5.91 Å². The van der Waals surface area contributed by atoms with Gasteiger partial charge in [0.1, 0.15) is 17.3 Å². The van der Waals surface area contributed by atoms with Crippen molar-refractivity contribution in [1.82, 2.24) is 20.2 Å². The molecule has 7 heteroatoms. The maximum Gasteiger partial charge on any atom is 0.257 e. The highest BCUT2D eigenvalue weighted by atomic mass is 16.3. The third-order valence-electron chi connectivity index (χ3n) is 4.78. The summed E-state index contributed by atoms with van der Waals surface area (Å²) in [5, 5.41) is 2.80. The van der Waals surface area contributed by atoms with Gasteiger partial charge >= 0.3 is 0 Å². The average Bonchev–Trinajstić information content (AvgIpc) is 3.41. The van der Waals surface area contributed by atoms with E-state index in [9.17, 15) is 9.59 Å². The molecule has 2 aromatic rings. The van der Waals surface area contributed by atoms with E-state index in [1.54, 1.807) is 11.1 Å². The maximum absolute atomic E-state index is 12.8. The number of rotatable bonds is 5. The zero-order chi connectivity index (χ0) is 18.1. The van der Waals surface area contributed by atoms with E-state index in [2.05, 4.69) is 15.3 Å². The van der Waals surface area contributed by atoms with Crippen LogP contribution in [0.3, 0.4) is 0 Å². The first-order chi connectivity index (χ1) is 12.6. The summed E-state index contributed by atoms with van der Waals surface area (Å²) < 4.78 is 5.44. The number of carbonyl (C=O) groups excluding carboxylic acids is 2. The van der Waals surface area contributed by atoms with Gasteiger partial charge in [-0.1, -0.05) is 0 Å². The van der Waals surface area contributed by atoms with Gasteiger partial charge in [0.2, 0.25) is 5.91 Å². The van der Waals surface area contributed by atoms with Crippen LogP contribution in [0.15, 0.2) is 22.7 Å². The SMILES string of the molecule is Cc1ccc(CNC(=O)CN2CCCc3nc(C4CC4)ncc3C2=O)o1. The highest BCUT2D eigenvalue weighted by Gasteiger charge is 2.30. The predicted molar refractivity (Wildman–Crippen MR) is 93.5 cm³/mol. The molecule has 0 bridgehead atoms. The molecule has 2 aromatic heterocycles. The van der Waals surface area contributed by atoms with Crippen molar-refractivity contribution in [3.63, 3.8) is 0 Å². The van der Waals surface area contributed by atoms with Crippen molar-refractivity contribution >= 4 is 11.8 Å². The number of furan rings is 1.